The summed E-state index contributed by atoms with van der Waals surface area (Å²) in [4.78, 5) is 28.8. The van der Waals surface area contributed by atoms with Crippen LogP contribution in [0.2, 0.25) is 0 Å². The number of hydrogen-bond acceptors (Lipinski definition) is 3. The summed E-state index contributed by atoms with van der Waals surface area (Å²) in [7, 11) is 0. The predicted molar refractivity (Wildman–Crippen MR) is 74.1 cm³/mol. The first-order valence-corrected chi connectivity index (χ1v) is 6.44. The number of anilines is 1. The Labute approximate surface area is 120 Å². The van der Waals surface area contributed by atoms with Crippen molar-refractivity contribution in [3.8, 4) is 0 Å². The van der Waals surface area contributed by atoms with E-state index in [1.54, 1.807) is 0 Å². The number of rotatable bonds is 3. The highest BCUT2D eigenvalue weighted by Crippen LogP contribution is 2.20. The Balaban J connectivity index is 1.82. The van der Waals surface area contributed by atoms with Crippen molar-refractivity contribution in [1.82, 2.24) is 10.3 Å². The lowest BCUT2D eigenvalue weighted by atomic mass is 10.1. The van der Waals surface area contributed by atoms with E-state index in [0.717, 1.165) is 22.7 Å². The zero-order valence-corrected chi connectivity index (χ0v) is 11.0. The number of nitrogens with zero attached hydrogens (tertiary/aromatic N) is 2. The fraction of sp³-hybridized carbons (Fsp3) is 0.133. The Hall–Kier alpha value is -2.76. The molecule has 6 heteroatoms. The van der Waals surface area contributed by atoms with Crippen molar-refractivity contribution in [2.75, 3.05) is 4.90 Å². The highest BCUT2D eigenvalue weighted by Gasteiger charge is 2.39. The van der Waals surface area contributed by atoms with Crippen LogP contribution in [0.4, 0.5) is 14.9 Å². The number of carbonyl (C=O) groups is 2. The van der Waals surface area contributed by atoms with E-state index in [9.17, 15) is 14.0 Å². The van der Waals surface area contributed by atoms with Crippen LogP contribution in [0.1, 0.15) is 5.56 Å². The minimum absolute atomic E-state index is 0.132. The van der Waals surface area contributed by atoms with Crippen LogP contribution in [-0.4, -0.2) is 23.0 Å². The lowest BCUT2D eigenvalue weighted by Crippen LogP contribution is -2.32. The van der Waals surface area contributed by atoms with E-state index in [0.29, 0.717) is 6.42 Å². The number of pyridine rings is 1. The minimum Gasteiger partial charge on any atom is -0.325 e. The van der Waals surface area contributed by atoms with Gasteiger partial charge in [0.1, 0.15) is 11.9 Å². The van der Waals surface area contributed by atoms with Gasteiger partial charge in [0.05, 0.1) is 18.1 Å². The van der Waals surface area contributed by atoms with Crippen LogP contribution in [0.15, 0.2) is 48.8 Å². The van der Waals surface area contributed by atoms with Gasteiger partial charge in [0.25, 0.3) is 5.91 Å². The Morgan fingerprint density at radius 1 is 1.19 bits per heavy atom. The molecule has 3 rings (SSSR count). The lowest BCUT2D eigenvalue weighted by Gasteiger charge is -2.12. The van der Waals surface area contributed by atoms with Crippen LogP contribution in [0, 0.1) is 5.82 Å². The quantitative estimate of drug-likeness (QED) is 0.876. The zero-order valence-electron chi connectivity index (χ0n) is 11.0. The van der Waals surface area contributed by atoms with Gasteiger partial charge in [-0.2, -0.15) is 0 Å². The lowest BCUT2D eigenvalue weighted by molar-refractivity contribution is -0.118. The van der Waals surface area contributed by atoms with Crippen LogP contribution in [0.25, 0.3) is 0 Å². The van der Waals surface area contributed by atoms with Crippen LogP contribution in [-0.2, 0) is 11.2 Å². The second-order valence-corrected chi connectivity index (χ2v) is 4.73. The Morgan fingerprint density at radius 2 is 1.95 bits per heavy atom. The Kier molecular flexibility index (Phi) is 3.35. The van der Waals surface area contributed by atoms with E-state index in [1.807, 2.05) is 30.3 Å². The third-order valence-electron chi connectivity index (χ3n) is 3.25. The van der Waals surface area contributed by atoms with Crippen molar-refractivity contribution < 1.29 is 14.0 Å². The summed E-state index contributed by atoms with van der Waals surface area (Å²) in [6, 6.07) is 9.27. The van der Waals surface area contributed by atoms with Crippen molar-refractivity contribution in [2.45, 2.75) is 12.5 Å². The molecule has 21 heavy (non-hydrogen) atoms. The van der Waals surface area contributed by atoms with Gasteiger partial charge in [0.15, 0.2) is 0 Å². The van der Waals surface area contributed by atoms with Crippen LogP contribution < -0.4 is 10.2 Å². The second-order valence-electron chi connectivity index (χ2n) is 4.73. The highest BCUT2D eigenvalue weighted by molar-refractivity contribution is 6.21. The number of nitrogens with one attached hydrogen (secondary N) is 1. The first kappa shape index (κ1) is 13.2. The van der Waals surface area contributed by atoms with Crippen molar-refractivity contribution >= 4 is 17.6 Å². The number of urea groups is 1. The van der Waals surface area contributed by atoms with Gasteiger partial charge in [-0.15, -0.1) is 0 Å². The monoisotopic (exact) mass is 285 g/mol. The molecule has 3 amide bonds. The van der Waals surface area contributed by atoms with Crippen molar-refractivity contribution in [3.05, 3.63) is 60.2 Å². The molecule has 1 saturated heterocycles. The molecule has 1 N–H and O–H groups in total. The van der Waals surface area contributed by atoms with Crippen LogP contribution >= 0.6 is 0 Å². The fourth-order valence-electron chi connectivity index (χ4n) is 2.29. The molecule has 0 unspecified atom stereocenters. The molecule has 1 aliphatic rings. The zero-order chi connectivity index (χ0) is 14.8. The van der Waals surface area contributed by atoms with Gasteiger partial charge < -0.3 is 5.32 Å². The van der Waals surface area contributed by atoms with E-state index >= 15 is 0 Å². The smallest absolute Gasteiger partial charge is 0.325 e. The molecule has 1 fully saturated rings. The Bertz CT molecular complexity index is 690. The molecule has 2 aromatic rings. The maximum Gasteiger partial charge on any atom is 0.329 e. The third kappa shape index (κ3) is 2.60. The molecule has 5 nitrogen and oxygen atoms in total. The molecule has 106 valence electrons. The standard InChI is InChI=1S/C15H12FN3O2/c16-11-7-12(9-17-8-11)19-14(20)13(18-15(19)21)6-10-4-2-1-3-5-10/h1-5,7-9,13H,6H2,(H,18,21)/t13-/m0/s1. The van der Waals surface area contributed by atoms with Gasteiger partial charge in [-0.3, -0.25) is 9.78 Å². The maximum absolute atomic E-state index is 13.2. The Morgan fingerprint density at radius 3 is 2.67 bits per heavy atom. The molecule has 1 aliphatic heterocycles. The molecule has 0 bridgehead atoms. The van der Waals surface area contributed by atoms with Gasteiger partial charge >= 0.3 is 6.03 Å². The number of hydrogen-bond donors (Lipinski definition) is 1. The molecule has 0 radical (unpaired) electrons. The number of imide groups is 1. The number of amides is 3. The molecular weight excluding hydrogens is 273 g/mol. The summed E-state index contributed by atoms with van der Waals surface area (Å²) in [5, 5.41) is 2.61. The molecule has 0 saturated carbocycles. The molecule has 1 aromatic heterocycles. The SMILES string of the molecule is O=C1N[C@@H](Cc2ccccc2)C(=O)N1c1cncc(F)c1. The molecular formula is C15H12FN3O2. The molecule has 1 atom stereocenters. The summed E-state index contributed by atoms with van der Waals surface area (Å²) in [5.41, 5.74) is 1.07. The summed E-state index contributed by atoms with van der Waals surface area (Å²) in [6.45, 7) is 0. The van der Waals surface area contributed by atoms with Gasteiger partial charge in [-0.1, -0.05) is 30.3 Å². The van der Waals surface area contributed by atoms with Crippen molar-refractivity contribution in [3.63, 3.8) is 0 Å². The van der Waals surface area contributed by atoms with Gasteiger partial charge in [-0.25, -0.2) is 14.1 Å². The third-order valence-corrected chi connectivity index (χ3v) is 3.25. The van der Waals surface area contributed by atoms with E-state index in [2.05, 4.69) is 10.3 Å². The number of carbonyl (C=O) groups excluding carboxylic acids is 2. The average Bonchev–Trinajstić information content (AvgIpc) is 2.74. The van der Waals surface area contributed by atoms with Gasteiger partial charge in [0, 0.05) is 12.5 Å². The topological polar surface area (TPSA) is 62.3 Å². The van der Waals surface area contributed by atoms with Gasteiger partial charge in [-0.05, 0) is 5.56 Å². The fourth-order valence-corrected chi connectivity index (χ4v) is 2.29. The number of aromatic nitrogens is 1. The van der Waals surface area contributed by atoms with Crippen molar-refractivity contribution in [2.24, 2.45) is 0 Å². The van der Waals surface area contributed by atoms with E-state index < -0.39 is 23.8 Å². The second kappa shape index (κ2) is 5.32. The molecule has 2 heterocycles. The van der Waals surface area contributed by atoms with Crippen LogP contribution in [0.5, 0.6) is 0 Å². The molecule has 0 spiro atoms. The average molecular weight is 285 g/mol. The van der Waals surface area contributed by atoms with E-state index in [1.165, 1.54) is 6.20 Å². The summed E-state index contributed by atoms with van der Waals surface area (Å²) in [6.07, 6.45) is 2.69. The highest BCUT2D eigenvalue weighted by atomic mass is 19.1. The maximum atomic E-state index is 13.2. The first-order valence-electron chi connectivity index (χ1n) is 6.44. The largest absolute Gasteiger partial charge is 0.329 e. The summed E-state index contributed by atoms with van der Waals surface area (Å²) >= 11 is 0. The van der Waals surface area contributed by atoms with Crippen molar-refractivity contribution in [1.29, 1.82) is 0 Å². The normalized spacial score (nSPS) is 18.0. The molecule has 0 aliphatic carbocycles. The summed E-state index contributed by atoms with van der Waals surface area (Å²) < 4.78 is 13.2. The number of halogens is 1. The predicted octanol–water partition coefficient (Wildman–Crippen LogP) is 1.89. The van der Waals surface area contributed by atoms with E-state index in [4.69, 9.17) is 0 Å². The first-order chi connectivity index (χ1) is 10.1. The molecule has 1 aromatic carbocycles. The van der Waals surface area contributed by atoms with Crippen LogP contribution in [0.3, 0.4) is 0 Å². The summed E-state index contributed by atoms with van der Waals surface area (Å²) in [5.74, 6) is -1.00. The van der Waals surface area contributed by atoms with E-state index in [-0.39, 0.29) is 5.69 Å². The van der Waals surface area contributed by atoms with Gasteiger partial charge in [0.2, 0.25) is 0 Å². The number of benzene rings is 1. The minimum atomic E-state index is -0.650.